The minimum Gasteiger partial charge on any atom is -0.409 e. The molecule has 7 heteroatoms. The van der Waals surface area contributed by atoms with Gasteiger partial charge in [-0.1, -0.05) is 5.16 Å². The van der Waals surface area contributed by atoms with Crippen LogP contribution in [0.3, 0.4) is 0 Å². The highest BCUT2D eigenvalue weighted by atomic mass is 79.9. The van der Waals surface area contributed by atoms with E-state index in [0.29, 0.717) is 24.3 Å². The summed E-state index contributed by atoms with van der Waals surface area (Å²) in [5.74, 6) is -0.563. The number of hydrogen-bond donors (Lipinski definition) is 2. The van der Waals surface area contributed by atoms with Crippen LogP contribution in [0.1, 0.15) is 26.3 Å². The van der Waals surface area contributed by atoms with Crippen molar-refractivity contribution in [2.24, 2.45) is 10.9 Å². The maximum absolute atomic E-state index is 14.6. The molecule has 21 heavy (non-hydrogen) atoms. The minimum atomic E-state index is -0.427. The summed E-state index contributed by atoms with van der Waals surface area (Å²) in [6.45, 7) is 7.12. The molecule has 1 aliphatic heterocycles. The van der Waals surface area contributed by atoms with Crippen molar-refractivity contribution in [3.8, 4) is 0 Å². The molecule has 0 bridgehead atoms. The van der Waals surface area contributed by atoms with E-state index < -0.39 is 5.82 Å². The third kappa shape index (κ3) is 3.29. The number of rotatable bonds is 2. The van der Waals surface area contributed by atoms with E-state index >= 15 is 0 Å². The third-order valence-electron chi connectivity index (χ3n) is 3.36. The standard InChI is InChI=1S/C14H19BrFN3O2/c1-8-6-19(7-14(2,3)21-8)10-5-4-9(13(17)18-20)11(15)12(10)16/h4-5,8,20H,6-7H2,1-3H3,(H2,17,18). The summed E-state index contributed by atoms with van der Waals surface area (Å²) in [7, 11) is 0. The SMILES string of the molecule is CC1CN(c2ccc(/C(N)=N/O)c(Br)c2F)CC(C)(C)O1. The zero-order valence-electron chi connectivity index (χ0n) is 12.2. The topological polar surface area (TPSA) is 71.1 Å². The molecule has 1 aromatic rings. The van der Waals surface area contributed by atoms with Gasteiger partial charge in [0.05, 0.1) is 21.9 Å². The van der Waals surface area contributed by atoms with Crippen molar-refractivity contribution in [1.82, 2.24) is 0 Å². The first-order valence-corrected chi connectivity index (χ1v) is 7.43. The Balaban J connectivity index is 2.39. The van der Waals surface area contributed by atoms with Crippen molar-refractivity contribution < 1.29 is 14.3 Å². The molecule has 1 unspecified atom stereocenters. The first kappa shape index (κ1) is 16.0. The summed E-state index contributed by atoms with van der Waals surface area (Å²) in [4.78, 5) is 1.95. The second kappa shape index (κ2) is 5.81. The van der Waals surface area contributed by atoms with Crippen LogP contribution in [0.25, 0.3) is 0 Å². The van der Waals surface area contributed by atoms with Crippen LogP contribution < -0.4 is 10.6 Å². The van der Waals surface area contributed by atoms with E-state index in [0.717, 1.165) is 0 Å². The molecule has 0 aliphatic carbocycles. The van der Waals surface area contributed by atoms with Gasteiger partial charge in [-0.2, -0.15) is 0 Å². The molecule has 1 fully saturated rings. The van der Waals surface area contributed by atoms with Crippen LogP contribution in [0.4, 0.5) is 10.1 Å². The Morgan fingerprint density at radius 2 is 2.24 bits per heavy atom. The Labute approximate surface area is 131 Å². The normalized spacial score (nSPS) is 22.4. The van der Waals surface area contributed by atoms with E-state index in [2.05, 4.69) is 21.1 Å². The number of halogens is 2. The van der Waals surface area contributed by atoms with Crippen LogP contribution in [0.15, 0.2) is 21.8 Å². The van der Waals surface area contributed by atoms with Crippen LogP contribution in [-0.2, 0) is 4.74 Å². The van der Waals surface area contributed by atoms with Gasteiger partial charge < -0.3 is 20.6 Å². The van der Waals surface area contributed by atoms with Gasteiger partial charge in [-0.05, 0) is 48.8 Å². The van der Waals surface area contributed by atoms with Crippen molar-refractivity contribution in [1.29, 1.82) is 0 Å². The van der Waals surface area contributed by atoms with Gasteiger partial charge in [0.15, 0.2) is 11.7 Å². The highest BCUT2D eigenvalue weighted by molar-refractivity contribution is 9.10. The Morgan fingerprint density at radius 1 is 1.57 bits per heavy atom. The summed E-state index contributed by atoms with van der Waals surface area (Å²) < 4.78 is 20.6. The average molecular weight is 360 g/mol. The van der Waals surface area contributed by atoms with E-state index in [1.165, 1.54) is 0 Å². The van der Waals surface area contributed by atoms with E-state index in [9.17, 15) is 4.39 Å². The predicted octanol–water partition coefficient (Wildman–Crippen LogP) is 2.69. The molecule has 0 radical (unpaired) electrons. The Bertz CT molecular complexity index is 578. The maximum atomic E-state index is 14.6. The predicted molar refractivity (Wildman–Crippen MR) is 83.4 cm³/mol. The first-order chi connectivity index (χ1) is 9.75. The summed E-state index contributed by atoms with van der Waals surface area (Å²) >= 11 is 3.18. The minimum absolute atomic E-state index is 0.00988. The number of nitrogens with zero attached hydrogens (tertiary/aromatic N) is 2. The Kier molecular flexibility index (Phi) is 4.43. The molecule has 5 nitrogen and oxygen atoms in total. The lowest BCUT2D eigenvalue weighted by molar-refractivity contribution is -0.0751. The van der Waals surface area contributed by atoms with Crippen LogP contribution in [0.5, 0.6) is 0 Å². The molecule has 2 rings (SSSR count). The van der Waals surface area contributed by atoms with Gasteiger partial charge in [0.1, 0.15) is 0 Å². The van der Waals surface area contributed by atoms with Gasteiger partial charge in [-0.15, -0.1) is 0 Å². The van der Waals surface area contributed by atoms with E-state index in [4.69, 9.17) is 15.7 Å². The average Bonchev–Trinajstić information content (AvgIpc) is 2.38. The number of hydrogen-bond acceptors (Lipinski definition) is 4. The van der Waals surface area contributed by atoms with Gasteiger partial charge in [-0.25, -0.2) is 4.39 Å². The largest absolute Gasteiger partial charge is 0.409 e. The molecule has 116 valence electrons. The van der Waals surface area contributed by atoms with Crippen molar-refractivity contribution in [3.05, 3.63) is 28.0 Å². The molecule has 1 atom stereocenters. The van der Waals surface area contributed by atoms with Crippen LogP contribution in [-0.4, -0.2) is 35.8 Å². The fourth-order valence-corrected chi connectivity index (χ4v) is 3.21. The highest BCUT2D eigenvalue weighted by Crippen LogP contribution is 2.33. The quantitative estimate of drug-likeness (QED) is 0.368. The molecule has 0 saturated carbocycles. The second-order valence-corrected chi connectivity index (χ2v) is 6.61. The summed E-state index contributed by atoms with van der Waals surface area (Å²) in [5.41, 5.74) is 5.97. The number of ether oxygens (including phenoxy) is 1. The van der Waals surface area contributed by atoms with E-state index in [-0.39, 0.29) is 22.0 Å². The number of morpholine rings is 1. The van der Waals surface area contributed by atoms with Gasteiger partial charge in [-0.3, -0.25) is 0 Å². The molecule has 1 aliphatic rings. The fourth-order valence-electron chi connectivity index (χ4n) is 2.67. The molecule has 0 spiro atoms. The maximum Gasteiger partial charge on any atom is 0.171 e. The van der Waals surface area contributed by atoms with Crippen molar-refractivity contribution in [2.75, 3.05) is 18.0 Å². The molecule has 0 aromatic heterocycles. The van der Waals surface area contributed by atoms with Crippen molar-refractivity contribution in [3.63, 3.8) is 0 Å². The van der Waals surface area contributed by atoms with Gasteiger partial charge >= 0.3 is 0 Å². The molecule has 0 amide bonds. The van der Waals surface area contributed by atoms with E-state index in [1.807, 2.05) is 25.7 Å². The van der Waals surface area contributed by atoms with Gasteiger partial charge in [0, 0.05) is 18.7 Å². The van der Waals surface area contributed by atoms with Crippen molar-refractivity contribution >= 4 is 27.5 Å². The number of nitrogens with two attached hydrogens (primary N) is 1. The third-order valence-corrected chi connectivity index (χ3v) is 4.13. The zero-order valence-corrected chi connectivity index (χ0v) is 13.8. The summed E-state index contributed by atoms with van der Waals surface area (Å²) in [6, 6.07) is 3.27. The molecule has 3 N–H and O–H groups in total. The number of anilines is 1. The second-order valence-electron chi connectivity index (χ2n) is 5.81. The first-order valence-electron chi connectivity index (χ1n) is 6.64. The Morgan fingerprint density at radius 3 is 2.81 bits per heavy atom. The van der Waals surface area contributed by atoms with Gasteiger partial charge in [0.2, 0.25) is 0 Å². The Hall–Kier alpha value is -1.34. The van der Waals surface area contributed by atoms with E-state index in [1.54, 1.807) is 12.1 Å². The molecule has 1 saturated heterocycles. The van der Waals surface area contributed by atoms with Gasteiger partial charge in [0.25, 0.3) is 0 Å². The number of amidine groups is 1. The number of benzene rings is 1. The van der Waals surface area contributed by atoms with Crippen LogP contribution >= 0.6 is 15.9 Å². The molecule has 1 aromatic carbocycles. The molecule has 1 heterocycles. The number of oxime groups is 1. The lowest BCUT2D eigenvalue weighted by Gasteiger charge is -2.43. The van der Waals surface area contributed by atoms with Crippen LogP contribution in [0, 0.1) is 5.82 Å². The molecular formula is C14H19BrFN3O2. The van der Waals surface area contributed by atoms with Crippen LogP contribution in [0.2, 0.25) is 0 Å². The summed E-state index contributed by atoms with van der Waals surface area (Å²) in [5, 5.41) is 11.6. The van der Waals surface area contributed by atoms with Crippen molar-refractivity contribution in [2.45, 2.75) is 32.5 Å². The molecular weight excluding hydrogens is 341 g/mol. The fraction of sp³-hybridized carbons (Fsp3) is 0.500. The lowest BCUT2D eigenvalue weighted by atomic mass is 10.0. The summed E-state index contributed by atoms with van der Waals surface area (Å²) in [6.07, 6.45) is 0.00988. The highest BCUT2D eigenvalue weighted by Gasteiger charge is 2.33. The zero-order chi connectivity index (χ0) is 15.8. The monoisotopic (exact) mass is 359 g/mol. The smallest absolute Gasteiger partial charge is 0.171 e. The lowest BCUT2D eigenvalue weighted by Crippen LogP contribution is -2.52.